The Bertz CT molecular complexity index is 1210. The van der Waals surface area contributed by atoms with Crippen LogP contribution in [0, 0.1) is 0 Å². The molecule has 4 N–H and O–H groups in total. The van der Waals surface area contributed by atoms with Gasteiger partial charge in [0.25, 0.3) is 0 Å². The Labute approximate surface area is 233 Å². The SMILES string of the molecule is CC(C)(C)c1c(Cc2ccc(OP(=O)(O)O)c(C(C)(C)C)c2C(C)(C)C)ccc(OP(=O)(O)O)c1C(C)(C)C. The normalized spacial score (nSPS) is 13.9. The third kappa shape index (κ3) is 8.66. The number of phosphoric acid groups is 2. The number of hydrogen-bond donors (Lipinski definition) is 4. The molecule has 0 amide bonds. The molecular formula is C29H46O8P2. The van der Waals surface area contributed by atoms with Crippen molar-refractivity contribution in [3.8, 4) is 11.5 Å². The van der Waals surface area contributed by atoms with Crippen LogP contribution in [-0.2, 0) is 37.2 Å². The number of benzene rings is 2. The van der Waals surface area contributed by atoms with Crippen LogP contribution in [0.1, 0.15) is 116 Å². The average molecular weight is 585 g/mol. The van der Waals surface area contributed by atoms with Gasteiger partial charge in [-0.05, 0) is 62.5 Å². The second kappa shape index (κ2) is 10.6. The lowest BCUT2D eigenvalue weighted by Crippen LogP contribution is -2.27. The van der Waals surface area contributed by atoms with Crippen LogP contribution in [-0.4, -0.2) is 19.6 Å². The van der Waals surface area contributed by atoms with E-state index >= 15 is 0 Å². The standard InChI is InChI=1S/C29H46O8P2/c1-26(2,3)22-18(13-15-20(36-38(30,31)32)24(22)28(7,8)9)17-19-14-16-21(37-39(33,34)35)25(29(10,11)12)23(19)27(4,5)6/h13-16H,17H2,1-12H3,(H2,30,31,32)(H2,33,34,35). The van der Waals surface area contributed by atoms with Gasteiger partial charge in [-0.3, -0.25) is 19.6 Å². The lowest BCUT2D eigenvalue weighted by atomic mass is 9.69. The van der Waals surface area contributed by atoms with Gasteiger partial charge in [-0.25, -0.2) is 9.13 Å². The molecule has 0 radical (unpaired) electrons. The first-order valence-corrected chi connectivity index (χ1v) is 16.0. The molecule has 0 fully saturated rings. The van der Waals surface area contributed by atoms with E-state index in [0.717, 1.165) is 33.4 Å². The molecule has 0 aromatic heterocycles. The third-order valence-corrected chi connectivity index (χ3v) is 7.19. The molecule has 0 heterocycles. The van der Waals surface area contributed by atoms with Gasteiger partial charge in [0.05, 0.1) is 0 Å². The van der Waals surface area contributed by atoms with Crippen LogP contribution in [0.4, 0.5) is 0 Å². The molecule has 39 heavy (non-hydrogen) atoms. The van der Waals surface area contributed by atoms with E-state index in [1.165, 1.54) is 0 Å². The molecule has 0 aliphatic heterocycles. The molecule has 0 spiro atoms. The molecule has 2 rings (SSSR count). The highest BCUT2D eigenvalue weighted by Crippen LogP contribution is 2.50. The fourth-order valence-electron chi connectivity index (χ4n) is 5.36. The van der Waals surface area contributed by atoms with Gasteiger partial charge in [0, 0.05) is 11.1 Å². The van der Waals surface area contributed by atoms with E-state index in [2.05, 4.69) is 41.5 Å². The quantitative estimate of drug-likeness (QED) is 0.258. The minimum absolute atomic E-state index is 0.154. The first kappa shape index (κ1) is 33.5. The lowest BCUT2D eigenvalue weighted by Gasteiger charge is -2.36. The third-order valence-electron chi connectivity index (χ3n) is 6.32. The molecule has 0 bridgehead atoms. The van der Waals surface area contributed by atoms with Crippen LogP contribution < -0.4 is 9.05 Å². The fourth-order valence-corrected chi connectivity index (χ4v) is 6.18. The van der Waals surface area contributed by atoms with Crippen molar-refractivity contribution < 1.29 is 37.8 Å². The van der Waals surface area contributed by atoms with Crippen molar-refractivity contribution in [2.45, 2.75) is 111 Å². The number of phosphoric ester groups is 2. The molecule has 2 aromatic rings. The minimum atomic E-state index is -4.79. The van der Waals surface area contributed by atoms with Crippen LogP contribution in [0.5, 0.6) is 11.5 Å². The fraction of sp³-hybridized carbons (Fsp3) is 0.586. The summed E-state index contributed by atoms with van der Waals surface area (Å²) in [6.45, 7) is 24.3. The molecule has 0 saturated heterocycles. The predicted molar refractivity (Wildman–Crippen MR) is 156 cm³/mol. The first-order valence-electron chi connectivity index (χ1n) is 13.0. The average Bonchev–Trinajstić information content (AvgIpc) is 2.63. The summed E-state index contributed by atoms with van der Waals surface area (Å²) in [6, 6.07) is 6.95. The van der Waals surface area contributed by atoms with Crippen LogP contribution in [0.3, 0.4) is 0 Å². The molecule has 0 unspecified atom stereocenters. The van der Waals surface area contributed by atoms with Crippen LogP contribution in [0.2, 0.25) is 0 Å². The second-order valence-corrected chi connectivity index (χ2v) is 16.6. The smallest absolute Gasteiger partial charge is 0.404 e. The summed E-state index contributed by atoms with van der Waals surface area (Å²) in [7, 11) is -9.59. The van der Waals surface area contributed by atoms with Crippen molar-refractivity contribution in [3.05, 3.63) is 57.6 Å². The maximum Gasteiger partial charge on any atom is 0.524 e. The molecule has 0 aliphatic rings. The van der Waals surface area contributed by atoms with E-state index in [1.807, 2.05) is 53.7 Å². The van der Waals surface area contributed by atoms with Crippen molar-refractivity contribution in [3.63, 3.8) is 0 Å². The Morgan fingerprint density at radius 2 is 0.769 bits per heavy atom. The van der Waals surface area contributed by atoms with E-state index in [0.29, 0.717) is 6.42 Å². The zero-order valence-corrected chi connectivity index (χ0v) is 27.1. The highest BCUT2D eigenvalue weighted by atomic mass is 31.2. The van der Waals surface area contributed by atoms with E-state index in [9.17, 15) is 28.7 Å². The van der Waals surface area contributed by atoms with Crippen molar-refractivity contribution in [1.29, 1.82) is 0 Å². The predicted octanol–water partition coefficient (Wildman–Crippen LogP) is 7.41. The van der Waals surface area contributed by atoms with Crippen LogP contribution in [0.25, 0.3) is 0 Å². The van der Waals surface area contributed by atoms with Crippen molar-refractivity contribution >= 4 is 15.6 Å². The molecule has 220 valence electrons. The van der Waals surface area contributed by atoms with Gasteiger partial charge in [-0.1, -0.05) is 95.2 Å². The van der Waals surface area contributed by atoms with E-state index < -0.39 is 37.3 Å². The van der Waals surface area contributed by atoms with Crippen molar-refractivity contribution in [2.24, 2.45) is 0 Å². The molecule has 10 heteroatoms. The molecule has 0 saturated carbocycles. The Kier molecular flexibility index (Phi) is 9.14. The number of hydrogen-bond acceptors (Lipinski definition) is 4. The zero-order valence-electron chi connectivity index (χ0n) is 25.3. The van der Waals surface area contributed by atoms with Crippen molar-refractivity contribution in [2.75, 3.05) is 0 Å². The van der Waals surface area contributed by atoms with Gasteiger partial charge in [0.15, 0.2) is 0 Å². The summed E-state index contributed by atoms with van der Waals surface area (Å²) in [4.78, 5) is 38.5. The summed E-state index contributed by atoms with van der Waals surface area (Å²) in [5.41, 5.74) is 3.49. The summed E-state index contributed by atoms with van der Waals surface area (Å²) < 4.78 is 34.0. The van der Waals surface area contributed by atoms with Gasteiger partial charge in [0.2, 0.25) is 0 Å². The summed E-state index contributed by atoms with van der Waals surface area (Å²) in [6.07, 6.45) is 0.484. The highest BCUT2D eigenvalue weighted by Gasteiger charge is 2.36. The first-order chi connectivity index (χ1) is 17.1. The van der Waals surface area contributed by atoms with E-state index in [-0.39, 0.29) is 11.5 Å². The Morgan fingerprint density at radius 3 is 0.974 bits per heavy atom. The Morgan fingerprint density at radius 1 is 0.513 bits per heavy atom. The Balaban J connectivity index is 2.99. The van der Waals surface area contributed by atoms with Crippen LogP contribution >= 0.6 is 15.6 Å². The maximum atomic E-state index is 11.8. The van der Waals surface area contributed by atoms with Gasteiger partial charge < -0.3 is 9.05 Å². The van der Waals surface area contributed by atoms with E-state index in [1.54, 1.807) is 12.1 Å². The van der Waals surface area contributed by atoms with E-state index in [4.69, 9.17) is 9.05 Å². The van der Waals surface area contributed by atoms with Gasteiger partial charge >= 0.3 is 15.6 Å². The summed E-state index contributed by atoms with van der Waals surface area (Å²) >= 11 is 0. The molecule has 0 aliphatic carbocycles. The zero-order chi connectivity index (χ0) is 30.6. The van der Waals surface area contributed by atoms with Gasteiger partial charge in [-0.2, -0.15) is 0 Å². The van der Waals surface area contributed by atoms with Gasteiger partial charge in [-0.15, -0.1) is 0 Å². The molecule has 2 aromatic carbocycles. The molecular weight excluding hydrogens is 538 g/mol. The van der Waals surface area contributed by atoms with Crippen LogP contribution in [0.15, 0.2) is 24.3 Å². The van der Waals surface area contributed by atoms with Crippen molar-refractivity contribution in [1.82, 2.24) is 0 Å². The topological polar surface area (TPSA) is 134 Å². The lowest BCUT2D eigenvalue weighted by molar-refractivity contribution is 0.278. The highest BCUT2D eigenvalue weighted by molar-refractivity contribution is 7.47. The second-order valence-electron chi connectivity index (χ2n) is 14.3. The minimum Gasteiger partial charge on any atom is -0.404 e. The summed E-state index contributed by atoms with van der Waals surface area (Å²) in [5, 5.41) is 0. The number of rotatable bonds is 6. The van der Waals surface area contributed by atoms with Gasteiger partial charge in [0.1, 0.15) is 11.5 Å². The summed E-state index contributed by atoms with van der Waals surface area (Å²) in [5.74, 6) is 0.308. The molecule has 8 nitrogen and oxygen atoms in total. The maximum absolute atomic E-state index is 11.8. The largest absolute Gasteiger partial charge is 0.524 e. The molecule has 0 atom stereocenters. The monoisotopic (exact) mass is 584 g/mol. The Hall–Kier alpha value is -1.66.